The molecule has 2 aromatic rings. The monoisotopic (exact) mass is 397 g/mol. The first kappa shape index (κ1) is 22.3. The molecule has 0 saturated carbocycles. The van der Waals surface area contributed by atoms with Crippen LogP contribution in [0.4, 0.5) is 17.6 Å². The molecule has 1 N–H and O–H groups in total. The third-order valence-electron chi connectivity index (χ3n) is 4.76. The lowest BCUT2D eigenvalue weighted by Gasteiger charge is -2.18. The Morgan fingerprint density at radius 2 is 1.50 bits per heavy atom. The summed E-state index contributed by atoms with van der Waals surface area (Å²) in [6.07, 6.45) is -1.00. The first-order valence-electron chi connectivity index (χ1n) is 9.72. The van der Waals surface area contributed by atoms with Gasteiger partial charge in [-0.05, 0) is 25.8 Å². The number of hydrogen-bond acceptors (Lipinski definition) is 2. The first-order valence-corrected chi connectivity index (χ1v) is 9.72. The smallest absolute Gasteiger partial charge is 0.388 e. The summed E-state index contributed by atoms with van der Waals surface area (Å²) in [6, 6.07) is 9.96. The molecule has 1 aromatic heterocycles. The molecule has 6 heteroatoms. The molecule has 0 amide bonds. The Bertz CT molecular complexity index is 728. The van der Waals surface area contributed by atoms with Crippen molar-refractivity contribution in [3.05, 3.63) is 53.2 Å². The van der Waals surface area contributed by atoms with Crippen LogP contribution in [0.2, 0.25) is 0 Å². The number of halogens is 4. The fourth-order valence-corrected chi connectivity index (χ4v) is 3.15. The van der Waals surface area contributed by atoms with Gasteiger partial charge in [0, 0.05) is 11.1 Å². The zero-order valence-electron chi connectivity index (χ0n) is 16.1. The molecule has 0 bridgehead atoms. The molecule has 154 valence electrons. The summed E-state index contributed by atoms with van der Waals surface area (Å²) < 4.78 is 52.6. The van der Waals surface area contributed by atoms with Crippen LogP contribution in [0.1, 0.15) is 67.9 Å². The first-order chi connectivity index (χ1) is 13.3. The van der Waals surface area contributed by atoms with E-state index in [1.807, 2.05) is 19.1 Å². The van der Waals surface area contributed by atoms with E-state index in [1.165, 1.54) is 12.1 Å². The van der Waals surface area contributed by atoms with E-state index in [0.717, 1.165) is 31.2 Å². The zero-order chi connectivity index (χ0) is 20.6. The van der Waals surface area contributed by atoms with E-state index in [4.69, 9.17) is 0 Å². The van der Waals surface area contributed by atoms with Crippen molar-refractivity contribution in [1.29, 1.82) is 0 Å². The number of alkyl halides is 4. The molecule has 28 heavy (non-hydrogen) atoms. The van der Waals surface area contributed by atoms with Gasteiger partial charge in [0.1, 0.15) is 0 Å². The Labute approximate surface area is 163 Å². The van der Waals surface area contributed by atoms with Gasteiger partial charge < -0.3 is 5.11 Å². The van der Waals surface area contributed by atoms with Crippen LogP contribution in [-0.4, -0.2) is 16.8 Å². The Kier molecular flexibility index (Phi) is 8.42. The van der Waals surface area contributed by atoms with E-state index < -0.39 is 18.0 Å². The molecule has 0 aliphatic carbocycles. The maximum absolute atomic E-state index is 13.5. The second-order valence-corrected chi connectivity index (χ2v) is 7.11. The highest BCUT2D eigenvalue weighted by Gasteiger charge is 2.37. The summed E-state index contributed by atoms with van der Waals surface area (Å²) in [5.41, 5.74) is 0.639. The minimum atomic E-state index is -4.64. The van der Waals surface area contributed by atoms with Crippen LogP contribution in [-0.2, 0) is 6.18 Å². The number of unbranched alkanes of at least 4 members (excludes halogenated alkanes) is 5. The fourth-order valence-electron chi connectivity index (χ4n) is 3.15. The summed E-state index contributed by atoms with van der Waals surface area (Å²) in [4.78, 5) is 3.82. The molecule has 0 fully saturated rings. The molecule has 0 saturated heterocycles. The van der Waals surface area contributed by atoms with Crippen LogP contribution in [0.25, 0.3) is 11.3 Å². The number of aliphatic hydroxyl groups excluding tert-OH is 1. The van der Waals surface area contributed by atoms with Gasteiger partial charge in [0.25, 0.3) is 0 Å². The molecule has 1 atom stereocenters. The van der Waals surface area contributed by atoms with Gasteiger partial charge in [-0.2, -0.15) is 13.2 Å². The normalized spacial score (nSPS) is 12.9. The summed E-state index contributed by atoms with van der Waals surface area (Å²) >= 11 is 0. The number of aryl methyl sites for hydroxylation is 1. The van der Waals surface area contributed by atoms with E-state index in [0.29, 0.717) is 18.4 Å². The highest BCUT2D eigenvalue weighted by Crippen LogP contribution is 2.36. The summed E-state index contributed by atoms with van der Waals surface area (Å²) in [5.74, 6) is 0. The number of hydrogen-bond donors (Lipinski definition) is 1. The van der Waals surface area contributed by atoms with Gasteiger partial charge in [-0.1, -0.05) is 68.0 Å². The lowest BCUT2D eigenvalue weighted by Crippen LogP contribution is -2.15. The number of aliphatic hydroxyl groups is 1. The Morgan fingerprint density at radius 3 is 2.11 bits per heavy atom. The van der Waals surface area contributed by atoms with E-state index in [1.54, 1.807) is 12.1 Å². The van der Waals surface area contributed by atoms with Gasteiger partial charge in [0.05, 0.1) is 18.5 Å². The van der Waals surface area contributed by atoms with Gasteiger partial charge in [-0.25, -0.2) is 4.98 Å². The van der Waals surface area contributed by atoms with Crippen molar-refractivity contribution in [1.82, 2.24) is 4.98 Å². The summed E-state index contributed by atoms with van der Waals surface area (Å²) in [6.45, 7) is 1.59. The van der Waals surface area contributed by atoms with Crippen LogP contribution < -0.4 is 0 Å². The largest absolute Gasteiger partial charge is 0.433 e. The quantitative estimate of drug-likeness (QED) is 0.353. The van der Waals surface area contributed by atoms with Crippen LogP contribution in [0.15, 0.2) is 36.4 Å². The predicted octanol–water partition coefficient (Wildman–Crippen LogP) is 6.81. The van der Waals surface area contributed by atoms with Crippen molar-refractivity contribution in [2.75, 3.05) is 6.67 Å². The predicted molar refractivity (Wildman–Crippen MR) is 103 cm³/mol. The van der Waals surface area contributed by atoms with Crippen LogP contribution in [0, 0.1) is 6.92 Å². The molecule has 2 rings (SSSR count). The van der Waals surface area contributed by atoms with E-state index in [9.17, 15) is 22.7 Å². The SMILES string of the molecule is Cc1ccc(-c2ccc(C(O)CCCCCCCCF)c(C(F)(F)F)n2)cc1. The fraction of sp³-hybridized carbons (Fsp3) is 0.500. The third-order valence-corrected chi connectivity index (χ3v) is 4.76. The topological polar surface area (TPSA) is 33.1 Å². The lowest BCUT2D eigenvalue weighted by atomic mass is 9.99. The standard InChI is InChI=1S/C22H27F4NO/c1-16-9-11-17(12-10-16)19-14-13-18(21(27-19)22(24,25)26)20(28)8-6-4-2-3-5-7-15-23/h9-14,20,28H,2-8,15H2,1H3. The number of benzene rings is 1. The van der Waals surface area contributed by atoms with E-state index in [2.05, 4.69) is 4.98 Å². The van der Waals surface area contributed by atoms with Crippen LogP contribution in [0.5, 0.6) is 0 Å². The molecule has 2 nitrogen and oxygen atoms in total. The molecule has 0 spiro atoms. The van der Waals surface area contributed by atoms with E-state index in [-0.39, 0.29) is 24.4 Å². The van der Waals surface area contributed by atoms with Crippen molar-refractivity contribution in [2.24, 2.45) is 0 Å². The van der Waals surface area contributed by atoms with Crippen molar-refractivity contribution in [2.45, 2.75) is 64.1 Å². The highest BCUT2D eigenvalue weighted by atomic mass is 19.4. The highest BCUT2D eigenvalue weighted by molar-refractivity contribution is 5.60. The molecule has 1 heterocycles. The van der Waals surface area contributed by atoms with Crippen molar-refractivity contribution in [3.63, 3.8) is 0 Å². The average molecular weight is 397 g/mol. The molecule has 0 radical (unpaired) electrons. The summed E-state index contributed by atoms with van der Waals surface area (Å²) in [5, 5.41) is 10.3. The minimum Gasteiger partial charge on any atom is -0.388 e. The van der Waals surface area contributed by atoms with Gasteiger partial charge in [0.15, 0.2) is 5.69 Å². The average Bonchev–Trinajstić information content (AvgIpc) is 2.66. The Morgan fingerprint density at radius 1 is 0.893 bits per heavy atom. The maximum Gasteiger partial charge on any atom is 0.433 e. The second kappa shape index (κ2) is 10.6. The minimum absolute atomic E-state index is 0.180. The van der Waals surface area contributed by atoms with Gasteiger partial charge in [-0.15, -0.1) is 0 Å². The van der Waals surface area contributed by atoms with E-state index >= 15 is 0 Å². The number of rotatable bonds is 10. The second-order valence-electron chi connectivity index (χ2n) is 7.11. The Hall–Kier alpha value is -1.95. The lowest BCUT2D eigenvalue weighted by molar-refractivity contribution is -0.142. The van der Waals surface area contributed by atoms with Crippen LogP contribution in [0.3, 0.4) is 0 Å². The third kappa shape index (κ3) is 6.59. The molecule has 1 aromatic carbocycles. The van der Waals surface area contributed by atoms with Crippen LogP contribution >= 0.6 is 0 Å². The van der Waals surface area contributed by atoms with Crippen molar-refractivity contribution in [3.8, 4) is 11.3 Å². The Balaban J connectivity index is 2.07. The van der Waals surface area contributed by atoms with Gasteiger partial charge in [0.2, 0.25) is 0 Å². The summed E-state index contributed by atoms with van der Waals surface area (Å²) in [7, 11) is 0. The number of pyridine rings is 1. The molecule has 1 unspecified atom stereocenters. The zero-order valence-corrected chi connectivity index (χ0v) is 16.1. The van der Waals surface area contributed by atoms with Gasteiger partial charge in [-0.3, -0.25) is 4.39 Å². The molecular weight excluding hydrogens is 370 g/mol. The number of aromatic nitrogens is 1. The molecule has 0 aliphatic heterocycles. The van der Waals surface area contributed by atoms with Crippen molar-refractivity contribution >= 4 is 0 Å². The molecular formula is C22H27F4NO. The van der Waals surface area contributed by atoms with Crippen molar-refractivity contribution < 1.29 is 22.7 Å². The number of nitrogens with zero attached hydrogens (tertiary/aromatic N) is 1. The molecule has 0 aliphatic rings. The van der Waals surface area contributed by atoms with Gasteiger partial charge >= 0.3 is 6.18 Å². The maximum atomic E-state index is 13.5.